The summed E-state index contributed by atoms with van der Waals surface area (Å²) < 4.78 is 4.48. The Morgan fingerprint density at radius 3 is 2.42 bits per heavy atom. The van der Waals surface area contributed by atoms with Crippen LogP contribution >= 0.6 is 12.4 Å². The number of esters is 1. The molecule has 0 radical (unpaired) electrons. The molecule has 0 saturated heterocycles. The lowest BCUT2D eigenvalue weighted by Crippen LogP contribution is -2.49. The van der Waals surface area contributed by atoms with E-state index < -0.39 is 5.54 Å². The SMILES string of the molecule is COC(=O)CCNC(=O)C(C)(N)c1ccccc1.Cl. The van der Waals surface area contributed by atoms with Crippen LogP contribution in [0.5, 0.6) is 0 Å². The van der Waals surface area contributed by atoms with Crippen LogP contribution in [0.15, 0.2) is 30.3 Å². The van der Waals surface area contributed by atoms with Crippen LogP contribution in [0.3, 0.4) is 0 Å². The second-order valence-corrected chi connectivity index (χ2v) is 4.15. The van der Waals surface area contributed by atoms with Gasteiger partial charge in [0.05, 0.1) is 13.5 Å². The number of carbonyl (C=O) groups excluding carboxylic acids is 2. The fourth-order valence-electron chi connectivity index (χ4n) is 1.48. The highest BCUT2D eigenvalue weighted by molar-refractivity contribution is 5.87. The predicted octanol–water partition coefficient (Wildman–Crippen LogP) is 0.962. The van der Waals surface area contributed by atoms with Gasteiger partial charge in [-0.2, -0.15) is 0 Å². The molecule has 1 atom stereocenters. The number of hydrogen-bond acceptors (Lipinski definition) is 4. The standard InChI is InChI=1S/C13H18N2O3.ClH/c1-13(14,10-6-4-3-5-7-10)12(17)15-9-8-11(16)18-2;/h3-7H,8-9,14H2,1-2H3,(H,15,17);1H. The number of hydrogen-bond donors (Lipinski definition) is 2. The summed E-state index contributed by atoms with van der Waals surface area (Å²) in [6, 6.07) is 9.08. The Balaban J connectivity index is 0.00000324. The molecular formula is C13H19ClN2O3. The third-order valence-electron chi connectivity index (χ3n) is 2.69. The second kappa shape index (κ2) is 7.76. The molecule has 0 saturated carbocycles. The first-order chi connectivity index (χ1) is 8.48. The van der Waals surface area contributed by atoms with Crippen LogP contribution in [0.25, 0.3) is 0 Å². The molecule has 0 bridgehead atoms. The fourth-order valence-corrected chi connectivity index (χ4v) is 1.48. The Morgan fingerprint density at radius 1 is 1.32 bits per heavy atom. The van der Waals surface area contributed by atoms with Gasteiger partial charge < -0.3 is 15.8 Å². The highest BCUT2D eigenvalue weighted by Gasteiger charge is 2.29. The summed E-state index contributed by atoms with van der Waals surface area (Å²) in [5.74, 6) is -0.689. The molecule has 0 aliphatic heterocycles. The van der Waals surface area contributed by atoms with Gasteiger partial charge in [-0.25, -0.2) is 0 Å². The summed E-state index contributed by atoms with van der Waals surface area (Å²) in [5.41, 5.74) is 5.61. The van der Waals surface area contributed by atoms with Gasteiger partial charge in [0.1, 0.15) is 5.54 Å². The molecule has 0 heterocycles. The maximum atomic E-state index is 11.9. The minimum atomic E-state index is -1.11. The van der Waals surface area contributed by atoms with Crippen LogP contribution in [0.2, 0.25) is 0 Å². The molecule has 0 aromatic heterocycles. The van der Waals surface area contributed by atoms with E-state index in [1.807, 2.05) is 18.2 Å². The molecule has 6 heteroatoms. The first-order valence-electron chi connectivity index (χ1n) is 5.68. The first-order valence-corrected chi connectivity index (χ1v) is 5.68. The van der Waals surface area contributed by atoms with Crippen molar-refractivity contribution >= 4 is 24.3 Å². The van der Waals surface area contributed by atoms with E-state index in [0.29, 0.717) is 0 Å². The predicted molar refractivity (Wildman–Crippen MR) is 74.9 cm³/mol. The number of nitrogens with one attached hydrogen (secondary N) is 1. The molecule has 3 N–H and O–H groups in total. The van der Waals surface area contributed by atoms with Crippen LogP contribution in [-0.4, -0.2) is 25.5 Å². The van der Waals surface area contributed by atoms with Crippen molar-refractivity contribution in [3.05, 3.63) is 35.9 Å². The monoisotopic (exact) mass is 286 g/mol. The van der Waals surface area contributed by atoms with Gasteiger partial charge in [-0.1, -0.05) is 30.3 Å². The van der Waals surface area contributed by atoms with Crippen molar-refractivity contribution in [2.75, 3.05) is 13.7 Å². The van der Waals surface area contributed by atoms with E-state index in [9.17, 15) is 9.59 Å². The van der Waals surface area contributed by atoms with Gasteiger partial charge in [0.25, 0.3) is 0 Å². The number of carbonyl (C=O) groups is 2. The van der Waals surface area contributed by atoms with Crippen LogP contribution in [-0.2, 0) is 19.9 Å². The number of halogens is 1. The number of amides is 1. The van der Waals surface area contributed by atoms with Crippen molar-refractivity contribution in [3.8, 4) is 0 Å². The van der Waals surface area contributed by atoms with Crippen molar-refractivity contribution < 1.29 is 14.3 Å². The van der Waals surface area contributed by atoms with E-state index in [2.05, 4.69) is 10.1 Å². The molecule has 1 rings (SSSR count). The smallest absolute Gasteiger partial charge is 0.307 e. The Kier molecular flexibility index (Phi) is 7.11. The Bertz CT molecular complexity index is 421. The molecule has 5 nitrogen and oxygen atoms in total. The van der Waals surface area contributed by atoms with E-state index in [0.717, 1.165) is 5.56 Å². The van der Waals surface area contributed by atoms with Crippen LogP contribution in [0.4, 0.5) is 0 Å². The summed E-state index contributed by atoms with van der Waals surface area (Å²) >= 11 is 0. The Labute approximate surface area is 118 Å². The highest BCUT2D eigenvalue weighted by Crippen LogP contribution is 2.17. The summed E-state index contributed by atoms with van der Waals surface area (Å²) in [6.45, 7) is 1.85. The zero-order valence-electron chi connectivity index (χ0n) is 11.0. The quantitative estimate of drug-likeness (QED) is 0.790. The fraction of sp³-hybridized carbons (Fsp3) is 0.385. The third-order valence-corrected chi connectivity index (χ3v) is 2.69. The summed E-state index contributed by atoms with van der Waals surface area (Å²) in [4.78, 5) is 22.9. The summed E-state index contributed by atoms with van der Waals surface area (Å²) in [5, 5.41) is 2.62. The molecule has 0 fully saturated rings. The summed E-state index contributed by atoms with van der Waals surface area (Å²) in [7, 11) is 1.31. The number of methoxy groups -OCH3 is 1. The molecule has 106 valence electrons. The van der Waals surface area contributed by atoms with Gasteiger partial charge in [-0.05, 0) is 12.5 Å². The van der Waals surface area contributed by atoms with Crippen LogP contribution in [0, 0.1) is 0 Å². The number of rotatable bonds is 5. The Morgan fingerprint density at radius 2 is 1.89 bits per heavy atom. The highest BCUT2D eigenvalue weighted by atomic mass is 35.5. The maximum absolute atomic E-state index is 11.9. The van der Waals surface area contributed by atoms with Crippen molar-refractivity contribution in [1.29, 1.82) is 0 Å². The van der Waals surface area contributed by atoms with Crippen molar-refractivity contribution in [2.24, 2.45) is 5.73 Å². The molecule has 0 aliphatic rings. The second-order valence-electron chi connectivity index (χ2n) is 4.15. The third kappa shape index (κ3) is 4.89. The van der Waals surface area contributed by atoms with Crippen LogP contribution in [0.1, 0.15) is 18.9 Å². The lowest BCUT2D eigenvalue weighted by atomic mass is 9.92. The van der Waals surface area contributed by atoms with Gasteiger partial charge in [0.2, 0.25) is 5.91 Å². The molecule has 0 aliphatic carbocycles. The van der Waals surface area contributed by atoms with Gasteiger partial charge in [0.15, 0.2) is 0 Å². The summed E-state index contributed by atoms with van der Waals surface area (Å²) in [6.07, 6.45) is 0.132. The van der Waals surface area contributed by atoms with Crippen molar-refractivity contribution in [1.82, 2.24) is 5.32 Å². The number of ether oxygens (including phenoxy) is 1. The first kappa shape index (κ1) is 17.4. The normalized spacial score (nSPS) is 12.8. The van der Waals surface area contributed by atoms with Gasteiger partial charge >= 0.3 is 5.97 Å². The van der Waals surface area contributed by atoms with E-state index in [1.54, 1.807) is 19.1 Å². The zero-order chi connectivity index (χ0) is 13.6. The molecule has 19 heavy (non-hydrogen) atoms. The largest absolute Gasteiger partial charge is 0.469 e. The average Bonchev–Trinajstić information content (AvgIpc) is 2.39. The van der Waals surface area contributed by atoms with E-state index in [-0.39, 0.29) is 37.2 Å². The molecule has 1 amide bonds. The van der Waals surface area contributed by atoms with Crippen molar-refractivity contribution in [2.45, 2.75) is 18.9 Å². The molecule has 1 aromatic rings. The zero-order valence-corrected chi connectivity index (χ0v) is 11.8. The van der Waals surface area contributed by atoms with Crippen molar-refractivity contribution in [3.63, 3.8) is 0 Å². The van der Waals surface area contributed by atoms with E-state index in [1.165, 1.54) is 7.11 Å². The topological polar surface area (TPSA) is 81.4 Å². The lowest BCUT2D eigenvalue weighted by Gasteiger charge is -2.23. The van der Waals surface area contributed by atoms with Gasteiger partial charge in [-0.3, -0.25) is 9.59 Å². The van der Waals surface area contributed by atoms with Gasteiger partial charge in [0, 0.05) is 6.54 Å². The lowest BCUT2D eigenvalue weighted by molar-refractivity contribution is -0.140. The molecule has 0 spiro atoms. The van der Waals surface area contributed by atoms with E-state index in [4.69, 9.17) is 5.73 Å². The molecule has 1 unspecified atom stereocenters. The minimum Gasteiger partial charge on any atom is -0.469 e. The van der Waals surface area contributed by atoms with E-state index >= 15 is 0 Å². The average molecular weight is 287 g/mol. The van der Waals surface area contributed by atoms with Gasteiger partial charge in [-0.15, -0.1) is 12.4 Å². The number of benzene rings is 1. The molecule has 1 aromatic carbocycles. The molecular weight excluding hydrogens is 268 g/mol. The minimum absolute atomic E-state index is 0. The number of nitrogens with two attached hydrogens (primary N) is 1. The maximum Gasteiger partial charge on any atom is 0.307 e. The Hall–Kier alpha value is -1.59. The van der Waals surface area contributed by atoms with Crippen LogP contribution < -0.4 is 11.1 Å².